The highest BCUT2D eigenvalue weighted by atomic mass is 16.5. The SMILES string of the molecule is COC(=O)c1ccc(O)c(C2C3=C(OC2C(C)(C)O)C(C(=O)CCc2ccccc2)C(O)C=C3OC)c1. The number of carbonyl (C=O) groups is 2. The van der Waals surface area contributed by atoms with Crippen LogP contribution in [0.15, 0.2) is 71.7 Å². The summed E-state index contributed by atoms with van der Waals surface area (Å²) in [7, 11) is 2.69. The summed E-state index contributed by atoms with van der Waals surface area (Å²) in [6.45, 7) is 3.12. The standard InChI is InChI=1S/C29H32O8/c1-29(2,34)27-23(18-14-17(28(33)36-4)11-13-19(18)30)25-22(35-3)15-21(32)24(26(25)37-27)20(31)12-10-16-8-6-5-7-9-16/h5-9,11,13-15,21,23-24,27,30,32,34H,10,12H2,1-4H3. The minimum absolute atomic E-state index is 0.127. The van der Waals surface area contributed by atoms with Crippen molar-refractivity contribution < 1.29 is 39.1 Å². The summed E-state index contributed by atoms with van der Waals surface area (Å²) in [4.78, 5) is 25.7. The van der Waals surface area contributed by atoms with Crippen LogP contribution in [0.4, 0.5) is 0 Å². The van der Waals surface area contributed by atoms with Crippen molar-refractivity contribution in [2.45, 2.75) is 50.4 Å². The Bertz CT molecular complexity index is 1240. The number of ketones is 1. The summed E-state index contributed by atoms with van der Waals surface area (Å²) in [5.41, 5.74) is 0.503. The average molecular weight is 509 g/mol. The number of methoxy groups -OCH3 is 2. The number of allylic oxidation sites excluding steroid dienone is 1. The van der Waals surface area contributed by atoms with Crippen LogP contribution >= 0.6 is 0 Å². The number of phenolic OH excluding ortho intramolecular Hbond substituents is 1. The molecule has 1 heterocycles. The molecule has 0 saturated carbocycles. The van der Waals surface area contributed by atoms with Gasteiger partial charge in [-0.25, -0.2) is 4.79 Å². The lowest BCUT2D eigenvalue weighted by Gasteiger charge is -2.32. The Balaban J connectivity index is 1.80. The second-order valence-electron chi connectivity index (χ2n) is 9.87. The molecule has 0 saturated heterocycles. The number of aryl methyl sites for hydroxylation is 1. The fourth-order valence-corrected chi connectivity index (χ4v) is 5.09. The van der Waals surface area contributed by atoms with Crippen LogP contribution in [-0.4, -0.2) is 59.1 Å². The molecule has 1 aliphatic carbocycles. The van der Waals surface area contributed by atoms with Crippen LogP contribution in [0, 0.1) is 5.92 Å². The summed E-state index contributed by atoms with van der Waals surface area (Å²) < 4.78 is 16.7. The third kappa shape index (κ3) is 5.12. The molecule has 2 aromatic carbocycles. The second-order valence-corrected chi connectivity index (χ2v) is 9.87. The van der Waals surface area contributed by atoms with Crippen molar-refractivity contribution >= 4 is 11.8 Å². The van der Waals surface area contributed by atoms with Gasteiger partial charge in [0.25, 0.3) is 0 Å². The highest BCUT2D eigenvalue weighted by Crippen LogP contribution is 2.52. The topological polar surface area (TPSA) is 123 Å². The van der Waals surface area contributed by atoms with Gasteiger partial charge in [0.15, 0.2) is 0 Å². The molecule has 4 unspecified atom stereocenters. The first kappa shape index (κ1) is 26.4. The molecule has 37 heavy (non-hydrogen) atoms. The van der Waals surface area contributed by atoms with E-state index in [4.69, 9.17) is 14.2 Å². The van der Waals surface area contributed by atoms with E-state index in [0.717, 1.165) is 5.56 Å². The lowest BCUT2D eigenvalue weighted by atomic mass is 9.76. The number of rotatable bonds is 8. The van der Waals surface area contributed by atoms with Crippen LogP contribution in [0.3, 0.4) is 0 Å². The van der Waals surface area contributed by atoms with Gasteiger partial charge in [-0.2, -0.15) is 0 Å². The Morgan fingerprint density at radius 2 is 1.78 bits per heavy atom. The molecule has 0 fully saturated rings. The predicted molar refractivity (Wildman–Crippen MR) is 135 cm³/mol. The molecular formula is C29H32O8. The molecule has 1 aliphatic heterocycles. The predicted octanol–water partition coefficient (Wildman–Crippen LogP) is 3.41. The number of ether oxygens (including phenoxy) is 3. The molecular weight excluding hydrogens is 476 g/mol. The molecule has 8 nitrogen and oxygen atoms in total. The normalized spacial score (nSPS) is 23.1. The Morgan fingerprint density at radius 1 is 1.08 bits per heavy atom. The molecule has 0 bridgehead atoms. The number of benzene rings is 2. The first-order valence-electron chi connectivity index (χ1n) is 12.1. The van der Waals surface area contributed by atoms with Gasteiger partial charge in [-0.1, -0.05) is 30.3 Å². The Hall–Kier alpha value is -3.62. The molecule has 8 heteroatoms. The minimum Gasteiger partial charge on any atom is -0.508 e. The average Bonchev–Trinajstić information content (AvgIpc) is 3.28. The monoisotopic (exact) mass is 508 g/mol. The van der Waals surface area contributed by atoms with E-state index in [0.29, 0.717) is 17.6 Å². The van der Waals surface area contributed by atoms with E-state index in [-0.39, 0.29) is 35.0 Å². The lowest BCUT2D eigenvalue weighted by molar-refractivity contribution is -0.127. The third-order valence-corrected chi connectivity index (χ3v) is 6.89. The maximum absolute atomic E-state index is 13.5. The molecule has 0 radical (unpaired) electrons. The summed E-state index contributed by atoms with van der Waals surface area (Å²) in [5.74, 6) is -2.29. The van der Waals surface area contributed by atoms with Crippen LogP contribution in [0.5, 0.6) is 5.75 Å². The van der Waals surface area contributed by atoms with E-state index < -0.39 is 35.6 Å². The van der Waals surface area contributed by atoms with Crippen molar-refractivity contribution in [2.24, 2.45) is 5.92 Å². The number of aromatic hydroxyl groups is 1. The Morgan fingerprint density at radius 3 is 2.41 bits per heavy atom. The van der Waals surface area contributed by atoms with Gasteiger partial charge in [-0.3, -0.25) is 4.79 Å². The van der Waals surface area contributed by atoms with E-state index in [9.17, 15) is 24.9 Å². The van der Waals surface area contributed by atoms with Gasteiger partial charge in [0.05, 0.1) is 37.4 Å². The van der Waals surface area contributed by atoms with Crippen molar-refractivity contribution in [3.05, 3.63) is 88.4 Å². The molecule has 196 valence electrons. The van der Waals surface area contributed by atoms with E-state index in [1.807, 2.05) is 30.3 Å². The zero-order valence-electron chi connectivity index (χ0n) is 21.3. The van der Waals surface area contributed by atoms with Gasteiger partial charge >= 0.3 is 5.97 Å². The highest BCUT2D eigenvalue weighted by Gasteiger charge is 2.53. The fraction of sp³-hybridized carbons (Fsp3) is 0.379. The molecule has 4 rings (SSSR count). The van der Waals surface area contributed by atoms with Crippen molar-refractivity contribution in [1.29, 1.82) is 0 Å². The first-order chi connectivity index (χ1) is 17.6. The van der Waals surface area contributed by atoms with Crippen molar-refractivity contribution in [3.8, 4) is 5.75 Å². The largest absolute Gasteiger partial charge is 0.508 e. The van der Waals surface area contributed by atoms with Crippen molar-refractivity contribution in [3.63, 3.8) is 0 Å². The van der Waals surface area contributed by atoms with Gasteiger partial charge in [0.2, 0.25) is 0 Å². The number of esters is 1. The molecule has 2 aliphatic rings. The van der Waals surface area contributed by atoms with Crippen LogP contribution in [-0.2, 0) is 25.4 Å². The highest BCUT2D eigenvalue weighted by molar-refractivity contribution is 5.90. The number of aliphatic hydroxyl groups excluding tert-OH is 1. The number of aliphatic hydroxyl groups is 2. The number of hydrogen-bond acceptors (Lipinski definition) is 8. The fourth-order valence-electron chi connectivity index (χ4n) is 5.09. The molecule has 4 atom stereocenters. The van der Waals surface area contributed by atoms with Gasteiger partial charge in [-0.15, -0.1) is 0 Å². The molecule has 3 N–H and O–H groups in total. The smallest absolute Gasteiger partial charge is 0.337 e. The third-order valence-electron chi connectivity index (χ3n) is 6.89. The van der Waals surface area contributed by atoms with Crippen LogP contribution in [0.25, 0.3) is 0 Å². The van der Waals surface area contributed by atoms with Crippen molar-refractivity contribution in [1.82, 2.24) is 0 Å². The van der Waals surface area contributed by atoms with Gasteiger partial charge in [-0.05, 0) is 50.1 Å². The van der Waals surface area contributed by atoms with Crippen LogP contribution < -0.4 is 0 Å². The zero-order chi connectivity index (χ0) is 26.9. The van der Waals surface area contributed by atoms with Gasteiger partial charge in [0.1, 0.15) is 35.1 Å². The minimum atomic E-state index is -1.43. The number of Topliss-reactive ketones (excluding diaryl/α,β-unsaturated/α-hetero) is 1. The second kappa shape index (κ2) is 10.4. The van der Waals surface area contributed by atoms with E-state index in [2.05, 4.69) is 0 Å². The molecule has 0 spiro atoms. The van der Waals surface area contributed by atoms with Crippen LogP contribution in [0.1, 0.15) is 47.7 Å². The summed E-state index contributed by atoms with van der Waals surface area (Å²) in [5, 5.41) is 32.9. The van der Waals surface area contributed by atoms with Crippen molar-refractivity contribution in [2.75, 3.05) is 14.2 Å². The van der Waals surface area contributed by atoms with Gasteiger partial charge in [0, 0.05) is 17.6 Å². The molecule has 2 aromatic rings. The number of hydrogen-bond donors (Lipinski definition) is 3. The molecule has 0 amide bonds. The summed E-state index contributed by atoms with van der Waals surface area (Å²) >= 11 is 0. The zero-order valence-corrected chi connectivity index (χ0v) is 21.3. The maximum Gasteiger partial charge on any atom is 0.337 e. The quantitative estimate of drug-likeness (QED) is 0.464. The number of carbonyl (C=O) groups excluding carboxylic acids is 2. The molecule has 0 aromatic heterocycles. The van der Waals surface area contributed by atoms with E-state index >= 15 is 0 Å². The van der Waals surface area contributed by atoms with Gasteiger partial charge < -0.3 is 29.5 Å². The Labute approximate surface area is 215 Å². The van der Waals surface area contributed by atoms with E-state index in [1.165, 1.54) is 38.5 Å². The van der Waals surface area contributed by atoms with E-state index in [1.54, 1.807) is 13.8 Å². The Kier molecular flexibility index (Phi) is 7.43. The summed E-state index contributed by atoms with van der Waals surface area (Å²) in [6, 6.07) is 13.9. The lowest BCUT2D eigenvalue weighted by Crippen LogP contribution is -2.40. The number of phenols is 1. The maximum atomic E-state index is 13.5. The first-order valence-corrected chi connectivity index (χ1v) is 12.1. The summed E-state index contributed by atoms with van der Waals surface area (Å²) in [6.07, 6.45) is -0.0399. The van der Waals surface area contributed by atoms with Crippen LogP contribution in [0.2, 0.25) is 0 Å².